The number of nitriles is 1. The van der Waals surface area contributed by atoms with Crippen LogP contribution in [0.5, 0.6) is 5.75 Å². The molecule has 0 spiro atoms. The Morgan fingerprint density at radius 3 is 2.67 bits per heavy atom. The number of amides is 1. The zero-order chi connectivity index (χ0) is 11.3. The molecule has 0 aliphatic carbocycles. The molecule has 0 saturated carbocycles. The first-order chi connectivity index (χ1) is 7.13. The number of benzene rings is 1. The van der Waals surface area contributed by atoms with Gasteiger partial charge in [-0.25, -0.2) is 0 Å². The van der Waals surface area contributed by atoms with Gasteiger partial charge in [-0.15, -0.1) is 0 Å². The van der Waals surface area contributed by atoms with E-state index in [-0.39, 0.29) is 24.1 Å². The van der Waals surface area contributed by atoms with E-state index in [1.807, 2.05) is 6.92 Å². The Morgan fingerprint density at radius 2 is 2.13 bits per heavy atom. The topological polar surface area (TPSA) is 73.1 Å². The number of carbonyl (C=O) groups excluding carboxylic acids is 1. The summed E-state index contributed by atoms with van der Waals surface area (Å²) in [5.74, 6) is -0.104. The number of nitrogens with zero attached hydrogens (tertiary/aromatic N) is 1. The second-order valence-electron chi connectivity index (χ2n) is 3.22. The van der Waals surface area contributed by atoms with Crippen LogP contribution < -0.4 is 5.32 Å². The van der Waals surface area contributed by atoms with Crippen molar-refractivity contribution in [1.82, 2.24) is 5.32 Å². The molecule has 2 N–H and O–H groups in total. The van der Waals surface area contributed by atoms with Crippen LogP contribution in [0.3, 0.4) is 0 Å². The summed E-state index contributed by atoms with van der Waals surface area (Å²) in [6.45, 7) is 1.82. The summed E-state index contributed by atoms with van der Waals surface area (Å²) in [4.78, 5) is 11.1. The maximum absolute atomic E-state index is 11.1. The summed E-state index contributed by atoms with van der Waals surface area (Å²) in [5.41, 5.74) is 0.888. The van der Waals surface area contributed by atoms with Gasteiger partial charge in [-0.3, -0.25) is 4.79 Å². The highest BCUT2D eigenvalue weighted by atomic mass is 16.3. The number of phenolic OH excluding ortho intramolecular Hbond substituents is 1. The van der Waals surface area contributed by atoms with Crippen LogP contribution in [0, 0.1) is 11.3 Å². The Hall–Kier alpha value is -2.02. The lowest BCUT2D eigenvalue weighted by Gasteiger charge is -2.13. The average Bonchev–Trinajstić information content (AvgIpc) is 2.18. The van der Waals surface area contributed by atoms with E-state index in [4.69, 9.17) is 10.4 Å². The molecule has 0 radical (unpaired) electrons. The molecular weight excluding hydrogens is 192 g/mol. The van der Waals surface area contributed by atoms with Crippen molar-refractivity contribution in [3.05, 3.63) is 29.8 Å². The van der Waals surface area contributed by atoms with Gasteiger partial charge in [0.2, 0.25) is 5.91 Å². The van der Waals surface area contributed by atoms with E-state index in [2.05, 4.69) is 5.32 Å². The second kappa shape index (κ2) is 5.01. The molecule has 4 nitrogen and oxygen atoms in total. The first-order valence-electron chi connectivity index (χ1n) is 4.58. The van der Waals surface area contributed by atoms with Gasteiger partial charge in [0.05, 0.1) is 12.1 Å². The highest BCUT2D eigenvalue weighted by Gasteiger charge is 2.08. The number of phenols is 1. The fourth-order valence-electron chi connectivity index (χ4n) is 1.21. The molecular formula is C11H12N2O2. The molecule has 78 valence electrons. The highest BCUT2D eigenvalue weighted by Crippen LogP contribution is 2.16. The van der Waals surface area contributed by atoms with Gasteiger partial charge in [-0.2, -0.15) is 5.26 Å². The normalized spacial score (nSPS) is 11.5. The van der Waals surface area contributed by atoms with Gasteiger partial charge in [-0.05, 0) is 24.6 Å². The number of carbonyl (C=O) groups is 1. The third-order valence-corrected chi connectivity index (χ3v) is 2.01. The third-order valence-electron chi connectivity index (χ3n) is 2.01. The summed E-state index contributed by atoms with van der Waals surface area (Å²) < 4.78 is 0. The minimum atomic E-state index is -0.293. The first-order valence-corrected chi connectivity index (χ1v) is 4.58. The fourth-order valence-corrected chi connectivity index (χ4v) is 1.21. The van der Waals surface area contributed by atoms with Crippen LogP contribution in [-0.4, -0.2) is 11.0 Å². The molecule has 1 amide bonds. The SMILES string of the molecule is C[C@H](NC(=O)CC#N)c1ccc(O)cc1. The third kappa shape index (κ3) is 3.31. The molecule has 1 aromatic rings. The van der Waals surface area contributed by atoms with Crippen molar-refractivity contribution in [2.75, 3.05) is 0 Å². The van der Waals surface area contributed by atoms with Gasteiger partial charge in [0.15, 0.2) is 0 Å². The summed E-state index contributed by atoms with van der Waals surface area (Å²) in [6, 6.07) is 8.19. The van der Waals surface area contributed by atoms with Crippen LogP contribution in [0.1, 0.15) is 24.9 Å². The van der Waals surface area contributed by atoms with Crippen LogP contribution in [0.2, 0.25) is 0 Å². The van der Waals surface area contributed by atoms with Crippen molar-refractivity contribution < 1.29 is 9.90 Å². The standard InChI is InChI=1S/C11H12N2O2/c1-8(13-11(15)6-7-12)9-2-4-10(14)5-3-9/h2-5,8,14H,6H2,1H3,(H,13,15)/t8-/m0/s1. The molecule has 4 heteroatoms. The minimum absolute atomic E-state index is 0.136. The van der Waals surface area contributed by atoms with Crippen molar-refractivity contribution in [2.45, 2.75) is 19.4 Å². The molecule has 1 atom stereocenters. The second-order valence-corrected chi connectivity index (χ2v) is 3.22. The molecule has 0 unspecified atom stereocenters. The summed E-state index contributed by atoms with van der Waals surface area (Å²) in [5, 5.41) is 20.1. The van der Waals surface area contributed by atoms with Crippen molar-refractivity contribution in [2.24, 2.45) is 0 Å². The number of hydrogen-bond acceptors (Lipinski definition) is 3. The number of nitrogens with one attached hydrogen (secondary N) is 1. The zero-order valence-corrected chi connectivity index (χ0v) is 8.40. The summed E-state index contributed by atoms with van der Waals surface area (Å²) in [7, 11) is 0. The number of hydrogen-bond donors (Lipinski definition) is 2. The number of aromatic hydroxyl groups is 1. The molecule has 15 heavy (non-hydrogen) atoms. The predicted octanol–water partition coefficient (Wildman–Crippen LogP) is 1.48. The van der Waals surface area contributed by atoms with Crippen molar-refractivity contribution in [1.29, 1.82) is 5.26 Å². The Bertz CT molecular complexity index is 379. The summed E-state index contributed by atoms with van der Waals surface area (Å²) >= 11 is 0. The monoisotopic (exact) mass is 204 g/mol. The van der Waals surface area contributed by atoms with E-state index in [0.717, 1.165) is 5.56 Å². The van der Waals surface area contributed by atoms with Crippen LogP contribution in [-0.2, 0) is 4.79 Å². The van der Waals surface area contributed by atoms with Gasteiger partial charge in [0.1, 0.15) is 12.2 Å². The molecule has 0 heterocycles. The van der Waals surface area contributed by atoms with Gasteiger partial charge in [0, 0.05) is 0 Å². The zero-order valence-electron chi connectivity index (χ0n) is 8.40. The molecule has 0 fully saturated rings. The van der Waals surface area contributed by atoms with Gasteiger partial charge >= 0.3 is 0 Å². The molecule has 0 saturated heterocycles. The molecule has 1 rings (SSSR count). The van der Waals surface area contributed by atoms with E-state index in [1.54, 1.807) is 30.3 Å². The Kier molecular flexibility index (Phi) is 3.69. The Morgan fingerprint density at radius 1 is 1.53 bits per heavy atom. The van der Waals surface area contributed by atoms with Crippen LogP contribution >= 0.6 is 0 Å². The average molecular weight is 204 g/mol. The van der Waals surface area contributed by atoms with Crippen molar-refractivity contribution in [3.8, 4) is 11.8 Å². The molecule has 0 aliphatic heterocycles. The lowest BCUT2D eigenvalue weighted by Crippen LogP contribution is -2.25. The maximum Gasteiger partial charge on any atom is 0.234 e. The van der Waals surface area contributed by atoms with Crippen molar-refractivity contribution in [3.63, 3.8) is 0 Å². The minimum Gasteiger partial charge on any atom is -0.508 e. The maximum atomic E-state index is 11.1. The molecule has 0 bridgehead atoms. The van der Waals surface area contributed by atoms with E-state index in [9.17, 15) is 4.79 Å². The van der Waals surface area contributed by atoms with Crippen LogP contribution in [0.25, 0.3) is 0 Å². The van der Waals surface area contributed by atoms with E-state index in [1.165, 1.54) is 0 Å². The fraction of sp³-hybridized carbons (Fsp3) is 0.273. The smallest absolute Gasteiger partial charge is 0.234 e. The van der Waals surface area contributed by atoms with E-state index < -0.39 is 0 Å². The Balaban J connectivity index is 2.61. The largest absolute Gasteiger partial charge is 0.508 e. The molecule has 0 aromatic heterocycles. The van der Waals surface area contributed by atoms with Crippen LogP contribution in [0.15, 0.2) is 24.3 Å². The van der Waals surface area contributed by atoms with Gasteiger partial charge in [0.25, 0.3) is 0 Å². The van der Waals surface area contributed by atoms with E-state index >= 15 is 0 Å². The molecule has 0 aliphatic rings. The molecule has 1 aromatic carbocycles. The summed E-state index contributed by atoms with van der Waals surface area (Å²) in [6.07, 6.45) is -0.136. The lowest BCUT2D eigenvalue weighted by molar-refractivity contribution is -0.120. The van der Waals surface area contributed by atoms with Crippen LogP contribution in [0.4, 0.5) is 0 Å². The van der Waals surface area contributed by atoms with Crippen molar-refractivity contribution >= 4 is 5.91 Å². The predicted molar refractivity (Wildman–Crippen MR) is 54.9 cm³/mol. The first kappa shape index (κ1) is 11.1. The van der Waals surface area contributed by atoms with Gasteiger partial charge < -0.3 is 10.4 Å². The highest BCUT2D eigenvalue weighted by molar-refractivity contribution is 5.78. The van der Waals surface area contributed by atoms with E-state index in [0.29, 0.717) is 0 Å². The number of rotatable bonds is 3. The quantitative estimate of drug-likeness (QED) is 0.783. The lowest BCUT2D eigenvalue weighted by atomic mass is 10.1. The Labute approximate surface area is 88.2 Å². The van der Waals surface area contributed by atoms with Gasteiger partial charge in [-0.1, -0.05) is 12.1 Å².